The fourth-order valence-electron chi connectivity index (χ4n) is 2.08. The molecule has 0 unspecified atom stereocenters. The summed E-state index contributed by atoms with van der Waals surface area (Å²) in [6.45, 7) is 2.07. The van der Waals surface area contributed by atoms with Crippen molar-refractivity contribution in [2.24, 2.45) is 7.05 Å². The van der Waals surface area contributed by atoms with Crippen LogP contribution in [0.3, 0.4) is 0 Å². The monoisotopic (exact) mass is 212 g/mol. The van der Waals surface area contributed by atoms with Crippen molar-refractivity contribution in [2.45, 2.75) is 6.92 Å². The van der Waals surface area contributed by atoms with E-state index in [0.29, 0.717) is 0 Å². The molecule has 3 aromatic heterocycles. The molecule has 0 aliphatic carbocycles. The van der Waals surface area contributed by atoms with Crippen LogP contribution in [0.1, 0.15) is 5.56 Å². The molecule has 0 bridgehead atoms. The molecule has 0 saturated heterocycles. The standard InChI is InChI=1S/C12H12N4/c1-9-6-14-15(2)12(9)10-4-3-5-16-8-13-7-11(10)16/h3-8H,1-2H3. The Balaban J connectivity index is 2.38. The highest BCUT2D eigenvalue weighted by atomic mass is 15.3. The van der Waals surface area contributed by atoms with Gasteiger partial charge in [-0.2, -0.15) is 5.10 Å². The molecule has 3 heterocycles. The second-order valence-corrected chi connectivity index (χ2v) is 3.91. The normalized spacial score (nSPS) is 11.1. The number of rotatable bonds is 1. The molecule has 0 radical (unpaired) electrons. The molecule has 0 spiro atoms. The van der Waals surface area contributed by atoms with E-state index >= 15 is 0 Å². The highest BCUT2D eigenvalue weighted by Crippen LogP contribution is 2.26. The summed E-state index contributed by atoms with van der Waals surface area (Å²) < 4.78 is 3.92. The average Bonchev–Trinajstić information content (AvgIpc) is 2.86. The van der Waals surface area contributed by atoms with Gasteiger partial charge in [0.15, 0.2) is 0 Å². The first kappa shape index (κ1) is 9.15. The average molecular weight is 212 g/mol. The van der Waals surface area contributed by atoms with Gasteiger partial charge in [0.25, 0.3) is 0 Å². The molecule has 0 amide bonds. The quantitative estimate of drug-likeness (QED) is 0.618. The zero-order valence-corrected chi connectivity index (χ0v) is 9.25. The zero-order chi connectivity index (χ0) is 11.1. The van der Waals surface area contributed by atoms with Crippen molar-refractivity contribution in [3.05, 3.63) is 42.6 Å². The zero-order valence-electron chi connectivity index (χ0n) is 9.25. The third kappa shape index (κ3) is 1.16. The van der Waals surface area contributed by atoms with Crippen molar-refractivity contribution in [3.8, 4) is 11.3 Å². The summed E-state index contributed by atoms with van der Waals surface area (Å²) in [7, 11) is 1.96. The van der Waals surface area contributed by atoms with Gasteiger partial charge in [0.1, 0.15) is 0 Å². The minimum Gasteiger partial charge on any atom is -0.306 e. The molecule has 0 aliphatic rings. The SMILES string of the molecule is Cc1cnn(C)c1-c1cccn2cncc12. The lowest BCUT2D eigenvalue weighted by molar-refractivity contribution is 0.776. The molecule has 3 rings (SSSR count). The third-order valence-corrected chi connectivity index (χ3v) is 2.83. The largest absolute Gasteiger partial charge is 0.306 e. The fourth-order valence-corrected chi connectivity index (χ4v) is 2.08. The van der Waals surface area contributed by atoms with Gasteiger partial charge < -0.3 is 4.40 Å². The molecule has 0 atom stereocenters. The number of pyridine rings is 1. The van der Waals surface area contributed by atoms with Crippen molar-refractivity contribution >= 4 is 5.52 Å². The summed E-state index contributed by atoms with van der Waals surface area (Å²) >= 11 is 0. The molecule has 0 aliphatic heterocycles. The molecule has 0 aromatic carbocycles. The number of hydrogen-bond donors (Lipinski definition) is 0. The van der Waals surface area contributed by atoms with E-state index in [9.17, 15) is 0 Å². The van der Waals surface area contributed by atoms with Crippen LogP contribution in [0, 0.1) is 6.92 Å². The van der Waals surface area contributed by atoms with E-state index < -0.39 is 0 Å². The van der Waals surface area contributed by atoms with Gasteiger partial charge in [-0.3, -0.25) is 4.68 Å². The molecule has 80 valence electrons. The molecular weight excluding hydrogens is 200 g/mol. The van der Waals surface area contributed by atoms with Gasteiger partial charge in [-0.1, -0.05) is 0 Å². The molecule has 0 saturated carbocycles. The predicted molar refractivity (Wildman–Crippen MR) is 62.1 cm³/mol. The maximum absolute atomic E-state index is 4.27. The second-order valence-electron chi connectivity index (χ2n) is 3.91. The Morgan fingerprint density at radius 1 is 1.25 bits per heavy atom. The maximum atomic E-state index is 4.27. The van der Waals surface area contributed by atoms with Gasteiger partial charge in [0, 0.05) is 18.8 Å². The second kappa shape index (κ2) is 3.20. The minimum absolute atomic E-state index is 1.11. The summed E-state index contributed by atoms with van der Waals surface area (Å²) in [6.07, 6.45) is 7.57. The summed E-state index contributed by atoms with van der Waals surface area (Å²) in [4.78, 5) is 4.16. The van der Waals surface area contributed by atoms with Crippen molar-refractivity contribution in [2.75, 3.05) is 0 Å². The van der Waals surface area contributed by atoms with Crippen LogP contribution in [0.5, 0.6) is 0 Å². The molecule has 3 aromatic rings. The van der Waals surface area contributed by atoms with E-state index in [4.69, 9.17) is 0 Å². The predicted octanol–water partition coefficient (Wildman–Crippen LogP) is 2.04. The van der Waals surface area contributed by atoms with Gasteiger partial charge in [-0.15, -0.1) is 0 Å². The lowest BCUT2D eigenvalue weighted by Crippen LogP contribution is -1.96. The Kier molecular flexibility index (Phi) is 1.83. The van der Waals surface area contributed by atoms with Crippen LogP contribution in [0.2, 0.25) is 0 Å². The summed E-state index contributed by atoms with van der Waals surface area (Å²) in [5.41, 5.74) is 4.59. The Hall–Kier alpha value is -2.10. The van der Waals surface area contributed by atoms with Crippen LogP contribution in [-0.2, 0) is 7.05 Å². The summed E-state index contributed by atoms with van der Waals surface area (Å²) in [5, 5.41) is 4.27. The van der Waals surface area contributed by atoms with Crippen molar-refractivity contribution in [1.29, 1.82) is 0 Å². The van der Waals surface area contributed by atoms with Crippen LogP contribution < -0.4 is 0 Å². The lowest BCUT2D eigenvalue weighted by Gasteiger charge is -2.06. The third-order valence-electron chi connectivity index (χ3n) is 2.83. The molecule has 16 heavy (non-hydrogen) atoms. The highest BCUT2D eigenvalue weighted by molar-refractivity contribution is 5.79. The fraction of sp³-hybridized carbons (Fsp3) is 0.167. The van der Waals surface area contributed by atoms with E-state index in [1.807, 2.05) is 47.1 Å². The van der Waals surface area contributed by atoms with E-state index in [0.717, 1.165) is 16.8 Å². The summed E-state index contributed by atoms with van der Waals surface area (Å²) in [5.74, 6) is 0. The van der Waals surface area contributed by atoms with Crippen LogP contribution in [-0.4, -0.2) is 19.2 Å². The van der Waals surface area contributed by atoms with E-state index in [-0.39, 0.29) is 0 Å². The maximum Gasteiger partial charge on any atom is 0.0992 e. The van der Waals surface area contributed by atoms with E-state index in [2.05, 4.69) is 23.1 Å². The number of nitrogens with zero attached hydrogens (tertiary/aromatic N) is 4. The number of imidazole rings is 1. The number of aromatic nitrogens is 4. The molecule has 4 heteroatoms. The first-order valence-electron chi connectivity index (χ1n) is 5.17. The minimum atomic E-state index is 1.11. The van der Waals surface area contributed by atoms with Crippen LogP contribution >= 0.6 is 0 Å². The molecule has 0 N–H and O–H groups in total. The van der Waals surface area contributed by atoms with Crippen molar-refractivity contribution in [1.82, 2.24) is 19.2 Å². The van der Waals surface area contributed by atoms with Crippen LogP contribution in [0.25, 0.3) is 16.8 Å². The first-order chi connectivity index (χ1) is 7.77. The Labute approximate surface area is 93.2 Å². The number of aryl methyl sites for hydroxylation is 2. The van der Waals surface area contributed by atoms with Gasteiger partial charge in [0.2, 0.25) is 0 Å². The van der Waals surface area contributed by atoms with E-state index in [1.54, 1.807) is 0 Å². The van der Waals surface area contributed by atoms with Gasteiger partial charge in [-0.25, -0.2) is 4.98 Å². The molecular formula is C12H12N4. The smallest absolute Gasteiger partial charge is 0.0992 e. The number of fused-ring (bicyclic) bond motifs is 1. The topological polar surface area (TPSA) is 35.1 Å². The molecule has 0 fully saturated rings. The van der Waals surface area contributed by atoms with Gasteiger partial charge in [0.05, 0.1) is 29.9 Å². The number of hydrogen-bond acceptors (Lipinski definition) is 2. The first-order valence-corrected chi connectivity index (χ1v) is 5.17. The van der Waals surface area contributed by atoms with Crippen molar-refractivity contribution in [3.63, 3.8) is 0 Å². The van der Waals surface area contributed by atoms with Crippen LogP contribution in [0.15, 0.2) is 37.1 Å². The van der Waals surface area contributed by atoms with Gasteiger partial charge in [-0.05, 0) is 24.6 Å². The van der Waals surface area contributed by atoms with E-state index in [1.165, 1.54) is 5.56 Å². The van der Waals surface area contributed by atoms with Crippen molar-refractivity contribution < 1.29 is 0 Å². The highest BCUT2D eigenvalue weighted by Gasteiger charge is 2.10. The Morgan fingerprint density at radius 2 is 2.12 bits per heavy atom. The molecule has 4 nitrogen and oxygen atoms in total. The Morgan fingerprint density at radius 3 is 2.88 bits per heavy atom. The van der Waals surface area contributed by atoms with Gasteiger partial charge >= 0.3 is 0 Å². The lowest BCUT2D eigenvalue weighted by atomic mass is 10.1. The van der Waals surface area contributed by atoms with Crippen LogP contribution in [0.4, 0.5) is 0 Å². The Bertz CT molecular complexity index is 628. The summed E-state index contributed by atoms with van der Waals surface area (Å²) in [6, 6.07) is 4.12.